The fraction of sp³-hybridized carbons (Fsp3) is 0.263. The van der Waals surface area contributed by atoms with Crippen LogP contribution in [0.2, 0.25) is 0 Å². The summed E-state index contributed by atoms with van der Waals surface area (Å²) in [6.45, 7) is 0.593. The number of ether oxygens (including phenoxy) is 1. The van der Waals surface area contributed by atoms with Crippen molar-refractivity contribution < 1.29 is 19.4 Å². The Hall–Kier alpha value is -2.66. The van der Waals surface area contributed by atoms with Gasteiger partial charge in [-0.05, 0) is 23.6 Å². The Kier molecular flexibility index (Phi) is 4.91. The van der Waals surface area contributed by atoms with E-state index in [0.29, 0.717) is 12.2 Å². The largest absolute Gasteiger partial charge is 0.478 e. The van der Waals surface area contributed by atoms with E-state index < -0.39 is 5.97 Å². The topological polar surface area (TPSA) is 75.6 Å². The molecule has 1 fully saturated rings. The van der Waals surface area contributed by atoms with Gasteiger partial charge in [0.15, 0.2) is 0 Å². The second kappa shape index (κ2) is 7.27. The van der Waals surface area contributed by atoms with Crippen LogP contribution in [0.4, 0.5) is 0 Å². The summed E-state index contributed by atoms with van der Waals surface area (Å²) in [6.07, 6.45) is 0.622. The first-order chi connectivity index (χ1) is 11.6. The second-order valence-corrected chi connectivity index (χ2v) is 5.80. The van der Waals surface area contributed by atoms with Crippen LogP contribution in [0, 0.1) is 0 Å². The van der Waals surface area contributed by atoms with Crippen LogP contribution in [0.15, 0.2) is 54.6 Å². The summed E-state index contributed by atoms with van der Waals surface area (Å²) in [5.74, 6) is -1.22. The van der Waals surface area contributed by atoms with Gasteiger partial charge in [0.05, 0.1) is 18.0 Å². The van der Waals surface area contributed by atoms with Crippen LogP contribution in [0.5, 0.6) is 0 Å². The van der Waals surface area contributed by atoms with E-state index in [9.17, 15) is 14.7 Å². The van der Waals surface area contributed by atoms with Crippen molar-refractivity contribution in [2.75, 3.05) is 6.61 Å². The zero-order valence-corrected chi connectivity index (χ0v) is 13.1. The van der Waals surface area contributed by atoms with Crippen molar-refractivity contribution in [3.05, 3.63) is 71.3 Å². The molecule has 1 heterocycles. The summed E-state index contributed by atoms with van der Waals surface area (Å²) in [4.78, 5) is 23.6. The third kappa shape index (κ3) is 3.63. The quantitative estimate of drug-likeness (QED) is 0.886. The van der Waals surface area contributed by atoms with Gasteiger partial charge in [-0.15, -0.1) is 0 Å². The molecule has 0 bridgehead atoms. The van der Waals surface area contributed by atoms with Gasteiger partial charge in [0.1, 0.15) is 6.10 Å². The van der Waals surface area contributed by atoms with E-state index in [2.05, 4.69) is 5.32 Å². The summed E-state index contributed by atoms with van der Waals surface area (Å²) in [7, 11) is 0. The summed E-state index contributed by atoms with van der Waals surface area (Å²) in [6, 6.07) is 16.3. The van der Waals surface area contributed by atoms with Gasteiger partial charge in [-0.2, -0.15) is 0 Å². The lowest BCUT2D eigenvalue weighted by Crippen LogP contribution is -2.37. The van der Waals surface area contributed by atoms with Crippen molar-refractivity contribution in [2.45, 2.75) is 25.0 Å². The Labute approximate surface area is 140 Å². The fourth-order valence-electron chi connectivity index (χ4n) is 3.02. The van der Waals surface area contributed by atoms with E-state index in [0.717, 1.165) is 12.0 Å². The third-order valence-corrected chi connectivity index (χ3v) is 4.16. The molecule has 2 aromatic rings. The highest BCUT2D eigenvalue weighted by Gasteiger charge is 2.30. The minimum atomic E-state index is -1.02. The van der Waals surface area contributed by atoms with Crippen LogP contribution in [-0.2, 0) is 16.0 Å². The lowest BCUT2D eigenvalue weighted by Gasteiger charge is -2.20. The van der Waals surface area contributed by atoms with Gasteiger partial charge in [0.2, 0.25) is 5.91 Å². The number of hydrogen-bond donors (Lipinski definition) is 2. The van der Waals surface area contributed by atoms with Crippen molar-refractivity contribution in [1.82, 2.24) is 5.32 Å². The lowest BCUT2D eigenvalue weighted by atomic mass is 10.0. The Morgan fingerprint density at radius 2 is 1.79 bits per heavy atom. The normalized spacial score (nSPS) is 19.8. The molecule has 0 saturated carbocycles. The van der Waals surface area contributed by atoms with Crippen molar-refractivity contribution in [2.24, 2.45) is 0 Å². The predicted octanol–water partition coefficient (Wildman–Crippen LogP) is 2.57. The molecule has 1 aliphatic heterocycles. The second-order valence-electron chi connectivity index (χ2n) is 5.80. The molecule has 0 aliphatic carbocycles. The number of hydrogen-bond acceptors (Lipinski definition) is 3. The Morgan fingerprint density at radius 3 is 2.54 bits per heavy atom. The number of rotatable bonds is 5. The average molecular weight is 325 g/mol. The van der Waals surface area contributed by atoms with Gasteiger partial charge in [-0.1, -0.05) is 48.5 Å². The molecule has 1 aliphatic rings. The molecule has 5 heteroatoms. The zero-order valence-electron chi connectivity index (χ0n) is 13.1. The first-order valence-electron chi connectivity index (χ1n) is 7.92. The number of amides is 1. The van der Waals surface area contributed by atoms with Gasteiger partial charge in [-0.25, -0.2) is 4.79 Å². The van der Waals surface area contributed by atoms with Crippen LogP contribution in [0.25, 0.3) is 0 Å². The molecule has 5 nitrogen and oxygen atoms in total. The van der Waals surface area contributed by atoms with Gasteiger partial charge < -0.3 is 15.2 Å². The number of aromatic carboxylic acids is 1. The molecule has 2 aromatic carbocycles. The molecular weight excluding hydrogens is 306 g/mol. The highest BCUT2D eigenvalue weighted by Crippen LogP contribution is 2.29. The van der Waals surface area contributed by atoms with E-state index in [1.807, 2.05) is 30.3 Å². The summed E-state index contributed by atoms with van der Waals surface area (Å²) >= 11 is 0. The molecule has 2 N–H and O–H groups in total. The number of carboxylic acids is 1. The summed E-state index contributed by atoms with van der Waals surface area (Å²) in [5, 5.41) is 12.2. The van der Waals surface area contributed by atoms with Crippen LogP contribution >= 0.6 is 0 Å². The maximum atomic E-state index is 12.4. The molecule has 3 rings (SSSR count). The number of nitrogens with one attached hydrogen (secondary N) is 1. The van der Waals surface area contributed by atoms with Gasteiger partial charge in [-0.3, -0.25) is 4.79 Å². The number of carboxylic acid groups (broad SMARTS) is 1. The van der Waals surface area contributed by atoms with Gasteiger partial charge in [0, 0.05) is 6.61 Å². The monoisotopic (exact) mass is 325 g/mol. The maximum Gasteiger partial charge on any atom is 0.335 e. The summed E-state index contributed by atoms with van der Waals surface area (Å²) < 4.78 is 5.76. The molecule has 1 saturated heterocycles. The van der Waals surface area contributed by atoms with E-state index in [1.165, 1.54) is 6.07 Å². The molecular formula is C19H19NO4. The standard InChI is InChI=1S/C19H19NO4/c21-17(12-14-8-4-5-9-15(14)19(22)23)20-16-10-11-24-18(16)13-6-2-1-3-7-13/h1-9,16,18H,10-12H2,(H,20,21)(H,22,23). The van der Waals surface area contributed by atoms with E-state index >= 15 is 0 Å². The Morgan fingerprint density at radius 1 is 1.08 bits per heavy atom. The molecule has 2 unspecified atom stereocenters. The SMILES string of the molecule is O=C(Cc1ccccc1C(=O)O)NC1CCOC1c1ccccc1. The molecule has 124 valence electrons. The number of benzene rings is 2. The third-order valence-electron chi connectivity index (χ3n) is 4.16. The summed E-state index contributed by atoms with van der Waals surface area (Å²) in [5.41, 5.74) is 1.71. The molecule has 0 spiro atoms. The Balaban J connectivity index is 1.68. The highest BCUT2D eigenvalue weighted by molar-refractivity contribution is 5.91. The molecule has 2 atom stereocenters. The number of carbonyl (C=O) groups excluding carboxylic acids is 1. The van der Waals surface area contributed by atoms with Crippen molar-refractivity contribution in [1.29, 1.82) is 0 Å². The van der Waals surface area contributed by atoms with Crippen molar-refractivity contribution in [3.8, 4) is 0 Å². The van der Waals surface area contributed by atoms with E-state index in [1.54, 1.807) is 18.2 Å². The minimum absolute atomic E-state index is 0.0421. The Bertz CT molecular complexity index is 729. The lowest BCUT2D eigenvalue weighted by molar-refractivity contribution is -0.121. The molecule has 0 radical (unpaired) electrons. The zero-order chi connectivity index (χ0) is 16.9. The maximum absolute atomic E-state index is 12.4. The van der Waals surface area contributed by atoms with Crippen LogP contribution in [0.3, 0.4) is 0 Å². The fourth-order valence-corrected chi connectivity index (χ4v) is 3.02. The molecule has 1 amide bonds. The average Bonchev–Trinajstić information content (AvgIpc) is 3.04. The van der Waals surface area contributed by atoms with Crippen molar-refractivity contribution in [3.63, 3.8) is 0 Å². The smallest absolute Gasteiger partial charge is 0.335 e. The molecule has 0 aromatic heterocycles. The van der Waals surface area contributed by atoms with E-state index in [4.69, 9.17) is 4.74 Å². The van der Waals surface area contributed by atoms with Gasteiger partial charge in [0.25, 0.3) is 0 Å². The van der Waals surface area contributed by atoms with E-state index in [-0.39, 0.29) is 30.0 Å². The number of carbonyl (C=O) groups is 2. The van der Waals surface area contributed by atoms with Crippen LogP contribution < -0.4 is 5.32 Å². The van der Waals surface area contributed by atoms with Crippen LogP contribution in [0.1, 0.15) is 34.0 Å². The molecule has 24 heavy (non-hydrogen) atoms. The first-order valence-corrected chi connectivity index (χ1v) is 7.92. The van der Waals surface area contributed by atoms with Crippen LogP contribution in [-0.4, -0.2) is 29.6 Å². The van der Waals surface area contributed by atoms with Gasteiger partial charge >= 0.3 is 5.97 Å². The predicted molar refractivity (Wildman–Crippen MR) is 88.8 cm³/mol. The first kappa shape index (κ1) is 16.2. The van der Waals surface area contributed by atoms with Crippen molar-refractivity contribution >= 4 is 11.9 Å². The highest BCUT2D eigenvalue weighted by atomic mass is 16.5. The minimum Gasteiger partial charge on any atom is -0.478 e.